The number of nitrogens with zero attached hydrogens (tertiary/aromatic N) is 3. The Balaban J connectivity index is 1.48. The van der Waals surface area contributed by atoms with Crippen molar-refractivity contribution in [3.63, 3.8) is 0 Å². The Hall–Kier alpha value is -3.10. The zero-order chi connectivity index (χ0) is 18.9. The van der Waals surface area contributed by atoms with Gasteiger partial charge in [-0.05, 0) is 37.6 Å². The van der Waals surface area contributed by atoms with Gasteiger partial charge in [-0.1, -0.05) is 12.1 Å². The Labute approximate surface area is 162 Å². The molecule has 0 amide bonds. The number of nitrogens with one attached hydrogen (secondary N) is 3. The molecule has 1 saturated heterocycles. The van der Waals surface area contributed by atoms with Gasteiger partial charge in [-0.15, -0.1) is 0 Å². The third kappa shape index (κ3) is 3.17. The molecular weight excluding hydrogens is 356 g/mol. The van der Waals surface area contributed by atoms with Crippen LogP contribution in [0.1, 0.15) is 18.5 Å². The van der Waals surface area contributed by atoms with Crippen molar-refractivity contribution in [2.24, 2.45) is 4.99 Å². The number of phenols is 1. The molecule has 4 N–H and O–H groups in total. The van der Waals surface area contributed by atoms with Gasteiger partial charge < -0.3 is 20.2 Å². The number of hydrogen-bond donors (Lipinski definition) is 4. The second kappa shape index (κ2) is 7.14. The van der Waals surface area contributed by atoms with E-state index in [1.54, 1.807) is 24.5 Å². The molecule has 2 atom stereocenters. The SMILES string of the molecule is Oc1cccc(-c2nc3occn3c2C2=CC=NC(N[C@@H]3CCCNC3)N2)c1. The van der Waals surface area contributed by atoms with Crippen molar-refractivity contribution >= 4 is 17.8 Å². The van der Waals surface area contributed by atoms with Crippen molar-refractivity contribution < 1.29 is 9.52 Å². The van der Waals surface area contributed by atoms with E-state index in [2.05, 4.69) is 25.9 Å². The van der Waals surface area contributed by atoms with E-state index in [9.17, 15) is 5.11 Å². The van der Waals surface area contributed by atoms with Gasteiger partial charge in [0.2, 0.25) is 0 Å². The molecule has 0 aliphatic carbocycles. The van der Waals surface area contributed by atoms with Gasteiger partial charge in [-0.25, -0.2) is 0 Å². The number of aromatic nitrogens is 2. The predicted octanol–water partition coefficient (Wildman–Crippen LogP) is 1.94. The highest BCUT2D eigenvalue weighted by Gasteiger charge is 2.24. The number of phenolic OH excluding ortho intramolecular Hbond substituents is 1. The van der Waals surface area contributed by atoms with Gasteiger partial charge in [-0.3, -0.25) is 14.7 Å². The number of hydrogen-bond acceptors (Lipinski definition) is 7. The molecule has 1 aromatic carbocycles. The second-order valence-corrected chi connectivity index (χ2v) is 7.05. The van der Waals surface area contributed by atoms with Crippen LogP contribution in [-0.4, -0.2) is 46.1 Å². The summed E-state index contributed by atoms with van der Waals surface area (Å²) in [6.45, 7) is 2.02. The maximum Gasteiger partial charge on any atom is 0.306 e. The van der Waals surface area contributed by atoms with Gasteiger partial charge in [0.05, 0.1) is 11.4 Å². The van der Waals surface area contributed by atoms with Crippen LogP contribution in [-0.2, 0) is 0 Å². The minimum absolute atomic E-state index is 0.199. The van der Waals surface area contributed by atoms with Crippen LogP contribution in [0.4, 0.5) is 0 Å². The van der Waals surface area contributed by atoms with Gasteiger partial charge in [-0.2, -0.15) is 4.98 Å². The van der Waals surface area contributed by atoms with Gasteiger partial charge >= 0.3 is 5.84 Å². The molecule has 5 rings (SSSR count). The lowest BCUT2D eigenvalue weighted by molar-refractivity contribution is 0.342. The largest absolute Gasteiger partial charge is 0.508 e. The van der Waals surface area contributed by atoms with Crippen LogP contribution in [0.25, 0.3) is 22.8 Å². The van der Waals surface area contributed by atoms with Crippen LogP contribution in [0.2, 0.25) is 0 Å². The van der Waals surface area contributed by atoms with Crippen LogP contribution in [0.15, 0.2) is 52.2 Å². The van der Waals surface area contributed by atoms with E-state index in [1.165, 1.54) is 0 Å². The third-order valence-electron chi connectivity index (χ3n) is 5.10. The lowest BCUT2D eigenvalue weighted by atomic mass is 10.1. The zero-order valence-corrected chi connectivity index (χ0v) is 15.3. The fourth-order valence-electron chi connectivity index (χ4n) is 3.78. The molecule has 1 fully saturated rings. The molecule has 2 aromatic heterocycles. The van der Waals surface area contributed by atoms with Crippen LogP contribution in [0.5, 0.6) is 5.75 Å². The summed E-state index contributed by atoms with van der Waals surface area (Å²) in [6, 6.07) is 7.46. The Kier molecular flexibility index (Phi) is 4.34. The first kappa shape index (κ1) is 17.0. The number of allylic oxidation sites excluding steroid dienone is 1. The highest BCUT2D eigenvalue weighted by Crippen LogP contribution is 2.31. The summed E-state index contributed by atoms with van der Waals surface area (Å²) in [5.41, 5.74) is 3.32. The number of benzene rings is 1. The van der Waals surface area contributed by atoms with Gasteiger partial charge in [0, 0.05) is 30.6 Å². The normalized spacial score (nSPS) is 22.2. The van der Waals surface area contributed by atoms with E-state index in [0.717, 1.165) is 48.6 Å². The number of aromatic hydroxyl groups is 1. The summed E-state index contributed by atoms with van der Waals surface area (Å²) in [6.07, 6.45) is 9.28. The standard InChI is InChI=1S/C20H22N6O2/c27-15-5-1-3-13(11-15)17-18(26-9-10-28-20(26)25-17)16-6-8-22-19(24-16)23-14-4-2-7-21-12-14/h1,3,5-6,8-11,14,19,21,23-24,27H,2,4,7,12H2/t14-,19?/m1/s1. The molecule has 0 spiro atoms. The Morgan fingerprint density at radius 1 is 1.32 bits per heavy atom. The van der Waals surface area contributed by atoms with Crippen molar-refractivity contribution in [1.82, 2.24) is 25.3 Å². The highest BCUT2D eigenvalue weighted by atomic mass is 16.3. The number of imidazole rings is 1. The van der Waals surface area contributed by atoms with E-state index in [1.807, 2.05) is 29.0 Å². The molecule has 2 aliphatic heterocycles. The van der Waals surface area contributed by atoms with E-state index in [4.69, 9.17) is 4.42 Å². The van der Waals surface area contributed by atoms with E-state index in [0.29, 0.717) is 11.9 Å². The summed E-state index contributed by atoms with van der Waals surface area (Å²) < 4.78 is 7.41. The molecule has 28 heavy (non-hydrogen) atoms. The molecule has 144 valence electrons. The highest BCUT2D eigenvalue weighted by molar-refractivity contribution is 5.89. The second-order valence-electron chi connectivity index (χ2n) is 7.05. The predicted molar refractivity (Wildman–Crippen MR) is 107 cm³/mol. The number of fused-ring (bicyclic) bond motifs is 1. The van der Waals surface area contributed by atoms with E-state index < -0.39 is 0 Å². The van der Waals surface area contributed by atoms with Crippen molar-refractivity contribution in [2.75, 3.05) is 13.1 Å². The summed E-state index contributed by atoms with van der Waals surface area (Å²) in [5, 5.41) is 20.3. The first-order valence-electron chi connectivity index (χ1n) is 9.50. The van der Waals surface area contributed by atoms with Crippen molar-refractivity contribution in [1.29, 1.82) is 0 Å². The van der Waals surface area contributed by atoms with Crippen LogP contribution in [0, 0.1) is 0 Å². The first-order valence-corrected chi connectivity index (χ1v) is 9.50. The monoisotopic (exact) mass is 378 g/mol. The Bertz CT molecular complexity index is 1040. The molecule has 0 radical (unpaired) electrons. The minimum Gasteiger partial charge on any atom is -0.508 e. The summed E-state index contributed by atoms with van der Waals surface area (Å²) in [4.78, 5) is 9.15. The van der Waals surface area contributed by atoms with Gasteiger partial charge in [0.25, 0.3) is 0 Å². The molecule has 8 heteroatoms. The van der Waals surface area contributed by atoms with Gasteiger partial charge in [0.15, 0.2) is 6.29 Å². The molecule has 0 saturated carbocycles. The first-order chi connectivity index (χ1) is 13.8. The van der Waals surface area contributed by atoms with Crippen LogP contribution in [0.3, 0.4) is 0 Å². The maximum atomic E-state index is 9.90. The molecule has 4 heterocycles. The van der Waals surface area contributed by atoms with E-state index in [-0.39, 0.29) is 12.0 Å². The Morgan fingerprint density at radius 2 is 2.29 bits per heavy atom. The Morgan fingerprint density at radius 3 is 3.14 bits per heavy atom. The summed E-state index contributed by atoms with van der Waals surface area (Å²) in [5.74, 6) is 0.698. The number of aliphatic imine (C=N–C) groups is 1. The van der Waals surface area contributed by atoms with Crippen LogP contribution < -0.4 is 16.0 Å². The number of piperidine rings is 1. The van der Waals surface area contributed by atoms with Crippen molar-refractivity contribution in [3.05, 3.63) is 48.5 Å². The quantitative estimate of drug-likeness (QED) is 0.554. The average molecular weight is 378 g/mol. The molecule has 1 unspecified atom stereocenters. The van der Waals surface area contributed by atoms with Gasteiger partial charge in [0.1, 0.15) is 17.7 Å². The topological polar surface area (TPSA) is 99.1 Å². The zero-order valence-electron chi connectivity index (χ0n) is 15.3. The van der Waals surface area contributed by atoms with E-state index >= 15 is 0 Å². The smallest absolute Gasteiger partial charge is 0.306 e. The molecular formula is C20H22N6O2. The summed E-state index contributed by atoms with van der Waals surface area (Å²) >= 11 is 0. The molecule has 0 bridgehead atoms. The lowest BCUT2D eigenvalue weighted by Gasteiger charge is -2.29. The lowest BCUT2D eigenvalue weighted by Crippen LogP contribution is -2.52. The minimum atomic E-state index is -0.209. The molecule has 2 aliphatic rings. The fourth-order valence-corrected chi connectivity index (χ4v) is 3.78. The fraction of sp³-hybridized carbons (Fsp3) is 0.300. The third-order valence-corrected chi connectivity index (χ3v) is 5.10. The molecule has 3 aromatic rings. The van der Waals surface area contributed by atoms with Crippen molar-refractivity contribution in [3.8, 4) is 17.0 Å². The summed E-state index contributed by atoms with van der Waals surface area (Å²) in [7, 11) is 0. The number of rotatable bonds is 4. The molecule has 8 nitrogen and oxygen atoms in total. The number of oxazole rings is 1. The maximum absolute atomic E-state index is 9.90. The van der Waals surface area contributed by atoms with Crippen molar-refractivity contribution in [2.45, 2.75) is 25.2 Å². The van der Waals surface area contributed by atoms with Crippen LogP contribution >= 0.6 is 0 Å². The average Bonchev–Trinajstić information content (AvgIpc) is 3.30.